The molecule has 17 heavy (non-hydrogen) atoms. The number of thiazole rings is 1. The molecule has 2 atom stereocenters. The Morgan fingerprint density at radius 2 is 2.47 bits per heavy atom. The molecular weight excluding hydrogens is 234 g/mol. The van der Waals surface area contributed by atoms with Crippen molar-refractivity contribution >= 4 is 17.2 Å². The zero-order valence-corrected chi connectivity index (χ0v) is 10.9. The van der Waals surface area contributed by atoms with Crippen molar-refractivity contribution in [3.63, 3.8) is 0 Å². The highest BCUT2D eigenvalue weighted by Gasteiger charge is 2.31. The SMILES string of the molecule is Cc1nc(CNC(=O)C2CCCC2CN)cs1. The van der Waals surface area contributed by atoms with Gasteiger partial charge in [0.2, 0.25) is 5.91 Å². The van der Waals surface area contributed by atoms with Crippen LogP contribution in [0, 0.1) is 18.8 Å². The van der Waals surface area contributed by atoms with Crippen molar-refractivity contribution < 1.29 is 4.79 Å². The van der Waals surface area contributed by atoms with Crippen LogP contribution in [0.15, 0.2) is 5.38 Å². The first-order chi connectivity index (χ1) is 8.20. The van der Waals surface area contributed by atoms with Crippen molar-refractivity contribution in [2.75, 3.05) is 6.54 Å². The van der Waals surface area contributed by atoms with E-state index in [-0.39, 0.29) is 11.8 Å². The van der Waals surface area contributed by atoms with Crippen LogP contribution in [0.2, 0.25) is 0 Å². The van der Waals surface area contributed by atoms with E-state index in [1.807, 2.05) is 12.3 Å². The van der Waals surface area contributed by atoms with E-state index >= 15 is 0 Å². The number of aryl methyl sites for hydroxylation is 1. The summed E-state index contributed by atoms with van der Waals surface area (Å²) in [6.45, 7) is 3.13. The normalized spacial score (nSPS) is 23.9. The predicted molar refractivity (Wildman–Crippen MR) is 68.6 cm³/mol. The molecule has 1 heterocycles. The molecule has 0 bridgehead atoms. The molecule has 5 heteroatoms. The van der Waals surface area contributed by atoms with Gasteiger partial charge < -0.3 is 11.1 Å². The molecule has 1 aromatic rings. The molecule has 2 rings (SSSR count). The van der Waals surface area contributed by atoms with Gasteiger partial charge in [0, 0.05) is 11.3 Å². The van der Waals surface area contributed by atoms with E-state index in [1.165, 1.54) is 0 Å². The van der Waals surface area contributed by atoms with Gasteiger partial charge in [-0.1, -0.05) is 6.42 Å². The van der Waals surface area contributed by atoms with E-state index in [2.05, 4.69) is 10.3 Å². The standard InChI is InChI=1S/C12H19N3OS/c1-8-15-10(7-17-8)6-14-12(16)11-4-2-3-9(11)5-13/h7,9,11H,2-6,13H2,1H3,(H,14,16). The van der Waals surface area contributed by atoms with Gasteiger partial charge in [-0.15, -0.1) is 11.3 Å². The zero-order chi connectivity index (χ0) is 12.3. The summed E-state index contributed by atoms with van der Waals surface area (Å²) in [6.07, 6.45) is 3.18. The van der Waals surface area contributed by atoms with Gasteiger partial charge in [0.25, 0.3) is 0 Å². The number of aromatic nitrogens is 1. The fourth-order valence-electron chi connectivity index (χ4n) is 2.46. The lowest BCUT2D eigenvalue weighted by Crippen LogP contribution is -2.34. The maximum Gasteiger partial charge on any atom is 0.223 e. The average Bonchev–Trinajstić information content (AvgIpc) is 2.94. The van der Waals surface area contributed by atoms with E-state index < -0.39 is 0 Å². The fraction of sp³-hybridized carbons (Fsp3) is 0.667. The summed E-state index contributed by atoms with van der Waals surface area (Å²) in [6, 6.07) is 0. The molecule has 94 valence electrons. The maximum absolute atomic E-state index is 12.0. The molecule has 1 amide bonds. The number of rotatable bonds is 4. The van der Waals surface area contributed by atoms with Crippen LogP contribution in [0.1, 0.15) is 30.0 Å². The number of nitrogens with two attached hydrogens (primary N) is 1. The summed E-state index contributed by atoms with van der Waals surface area (Å²) in [4.78, 5) is 16.3. The van der Waals surface area contributed by atoms with Gasteiger partial charge in [-0.25, -0.2) is 4.98 Å². The highest BCUT2D eigenvalue weighted by Crippen LogP contribution is 2.30. The Hall–Kier alpha value is -0.940. The van der Waals surface area contributed by atoms with Gasteiger partial charge >= 0.3 is 0 Å². The van der Waals surface area contributed by atoms with Gasteiger partial charge in [-0.3, -0.25) is 4.79 Å². The first-order valence-corrected chi connectivity index (χ1v) is 6.97. The molecule has 0 aliphatic heterocycles. The quantitative estimate of drug-likeness (QED) is 0.853. The third-order valence-electron chi connectivity index (χ3n) is 3.41. The second kappa shape index (κ2) is 5.60. The minimum Gasteiger partial charge on any atom is -0.350 e. The largest absolute Gasteiger partial charge is 0.350 e. The Kier molecular flexibility index (Phi) is 4.12. The van der Waals surface area contributed by atoms with Crippen molar-refractivity contribution in [1.29, 1.82) is 0 Å². The zero-order valence-electron chi connectivity index (χ0n) is 10.1. The number of amides is 1. The summed E-state index contributed by atoms with van der Waals surface area (Å²) in [5.74, 6) is 0.621. The summed E-state index contributed by atoms with van der Waals surface area (Å²) in [5, 5.41) is 6.00. The fourth-order valence-corrected chi connectivity index (χ4v) is 3.07. The molecule has 0 saturated heterocycles. The van der Waals surface area contributed by atoms with E-state index in [4.69, 9.17) is 5.73 Å². The smallest absolute Gasteiger partial charge is 0.223 e. The number of hydrogen-bond acceptors (Lipinski definition) is 4. The minimum atomic E-state index is 0.111. The molecule has 1 fully saturated rings. The van der Waals surface area contributed by atoms with Crippen LogP contribution in [-0.4, -0.2) is 17.4 Å². The maximum atomic E-state index is 12.0. The van der Waals surface area contributed by atoms with Crippen LogP contribution in [0.3, 0.4) is 0 Å². The van der Waals surface area contributed by atoms with E-state index in [1.54, 1.807) is 11.3 Å². The van der Waals surface area contributed by atoms with Crippen molar-refractivity contribution in [3.05, 3.63) is 16.1 Å². The van der Waals surface area contributed by atoms with E-state index in [9.17, 15) is 4.79 Å². The van der Waals surface area contributed by atoms with Crippen LogP contribution in [0.5, 0.6) is 0 Å². The Balaban J connectivity index is 1.84. The third kappa shape index (κ3) is 3.04. The van der Waals surface area contributed by atoms with Crippen LogP contribution >= 0.6 is 11.3 Å². The molecule has 1 aliphatic rings. The molecule has 4 nitrogen and oxygen atoms in total. The lowest BCUT2D eigenvalue weighted by molar-refractivity contribution is -0.126. The van der Waals surface area contributed by atoms with Crippen molar-refractivity contribution in [1.82, 2.24) is 10.3 Å². The van der Waals surface area contributed by atoms with Crippen molar-refractivity contribution in [3.8, 4) is 0 Å². The van der Waals surface area contributed by atoms with Gasteiger partial charge in [-0.2, -0.15) is 0 Å². The number of hydrogen-bond donors (Lipinski definition) is 2. The van der Waals surface area contributed by atoms with Crippen LogP contribution < -0.4 is 11.1 Å². The monoisotopic (exact) mass is 253 g/mol. The average molecular weight is 253 g/mol. The summed E-state index contributed by atoms with van der Waals surface area (Å²) in [5.41, 5.74) is 6.63. The van der Waals surface area contributed by atoms with Crippen LogP contribution in [-0.2, 0) is 11.3 Å². The number of nitrogens with zero attached hydrogens (tertiary/aromatic N) is 1. The first-order valence-electron chi connectivity index (χ1n) is 6.09. The third-order valence-corrected chi connectivity index (χ3v) is 4.23. The highest BCUT2D eigenvalue weighted by atomic mass is 32.1. The van der Waals surface area contributed by atoms with E-state index in [0.717, 1.165) is 30.0 Å². The minimum absolute atomic E-state index is 0.111. The molecule has 1 saturated carbocycles. The summed E-state index contributed by atoms with van der Waals surface area (Å²) >= 11 is 1.61. The first kappa shape index (κ1) is 12.5. The van der Waals surface area contributed by atoms with E-state index in [0.29, 0.717) is 19.0 Å². The number of carbonyl (C=O) groups is 1. The Morgan fingerprint density at radius 1 is 1.65 bits per heavy atom. The summed E-state index contributed by atoms with van der Waals surface area (Å²) in [7, 11) is 0. The topological polar surface area (TPSA) is 68.0 Å². The van der Waals surface area contributed by atoms with Crippen molar-refractivity contribution in [2.45, 2.75) is 32.7 Å². The molecule has 0 spiro atoms. The molecule has 3 N–H and O–H groups in total. The van der Waals surface area contributed by atoms with Crippen LogP contribution in [0.25, 0.3) is 0 Å². The van der Waals surface area contributed by atoms with Gasteiger partial charge in [0.15, 0.2) is 0 Å². The molecular formula is C12H19N3OS. The Morgan fingerprint density at radius 3 is 3.12 bits per heavy atom. The Labute approximate surface area is 106 Å². The second-order valence-electron chi connectivity index (χ2n) is 4.61. The van der Waals surface area contributed by atoms with Gasteiger partial charge in [-0.05, 0) is 32.2 Å². The predicted octanol–water partition coefficient (Wildman–Crippen LogP) is 1.44. The molecule has 1 aliphatic carbocycles. The number of carbonyl (C=O) groups excluding carboxylic acids is 1. The molecule has 0 radical (unpaired) electrons. The van der Waals surface area contributed by atoms with Crippen LogP contribution in [0.4, 0.5) is 0 Å². The summed E-state index contributed by atoms with van der Waals surface area (Å²) < 4.78 is 0. The molecule has 2 unspecified atom stereocenters. The van der Waals surface area contributed by atoms with Crippen molar-refractivity contribution in [2.24, 2.45) is 17.6 Å². The lowest BCUT2D eigenvalue weighted by Gasteiger charge is -2.16. The highest BCUT2D eigenvalue weighted by molar-refractivity contribution is 7.09. The molecule has 1 aromatic heterocycles. The molecule has 0 aromatic carbocycles. The lowest BCUT2D eigenvalue weighted by atomic mass is 9.95. The van der Waals surface area contributed by atoms with Gasteiger partial charge in [0.05, 0.1) is 17.2 Å². The number of nitrogens with one attached hydrogen (secondary N) is 1. The second-order valence-corrected chi connectivity index (χ2v) is 5.67. The Bertz CT molecular complexity index is 391. The van der Waals surface area contributed by atoms with Gasteiger partial charge in [0.1, 0.15) is 0 Å².